The maximum Gasteiger partial charge on any atom is 0.146 e. The van der Waals surface area contributed by atoms with E-state index in [2.05, 4.69) is 76.6 Å². The highest BCUT2D eigenvalue weighted by molar-refractivity contribution is 6.91. The van der Waals surface area contributed by atoms with Crippen molar-refractivity contribution in [2.75, 3.05) is 0 Å². The molecular formula is C13H29NSi2. The molecular weight excluding hydrogens is 226 g/mol. The molecule has 0 saturated heterocycles. The van der Waals surface area contributed by atoms with E-state index in [1.165, 1.54) is 0 Å². The Morgan fingerprint density at radius 1 is 1.00 bits per heavy atom. The quantitative estimate of drug-likeness (QED) is 0.514. The molecule has 0 aliphatic heterocycles. The summed E-state index contributed by atoms with van der Waals surface area (Å²) in [6.45, 7) is 23.1. The van der Waals surface area contributed by atoms with Crippen molar-refractivity contribution in [1.82, 2.24) is 4.23 Å². The summed E-state index contributed by atoms with van der Waals surface area (Å²) in [5.41, 5.74) is 0. The molecule has 3 heteroatoms. The zero-order valence-electron chi connectivity index (χ0n) is 12.4. The Hall–Kier alpha value is -0.286. The highest BCUT2D eigenvalue weighted by atomic mass is 28.4. The lowest BCUT2D eigenvalue weighted by atomic mass is 10.2. The summed E-state index contributed by atoms with van der Waals surface area (Å²) in [6, 6.07) is 0. The van der Waals surface area contributed by atoms with Crippen LogP contribution >= 0.6 is 0 Å². The number of hydrogen-bond donors (Lipinski definition) is 0. The molecule has 0 radical (unpaired) electrons. The Labute approximate surface area is 104 Å². The summed E-state index contributed by atoms with van der Waals surface area (Å²) in [6.07, 6.45) is 6.23. The van der Waals surface area contributed by atoms with E-state index in [0.29, 0.717) is 5.04 Å². The van der Waals surface area contributed by atoms with Crippen LogP contribution < -0.4 is 0 Å². The van der Waals surface area contributed by atoms with Gasteiger partial charge in [0.1, 0.15) is 16.5 Å². The molecule has 1 nitrogen and oxygen atoms in total. The van der Waals surface area contributed by atoms with Crippen LogP contribution in [0.1, 0.15) is 20.8 Å². The van der Waals surface area contributed by atoms with Gasteiger partial charge >= 0.3 is 0 Å². The maximum atomic E-state index is 3.78. The molecule has 0 rings (SSSR count). The van der Waals surface area contributed by atoms with Crippen LogP contribution in [0.2, 0.25) is 37.8 Å². The zero-order chi connectivity index (χ0) is 13.2. The van der Waals surface area contributed by atoms with Gasteiger partial charge in [0.25, 0.3) is 0 Å². The van der Waals surface area contributed by atoms with Gasteiger partial charge in [0.2, 0.25) is 0 Å². The average Bonchev–Trinajstić information content (AvgIpc) is 1.99. The molecule has 0 heterocycles. The standard InChI is InChI=1S/C13H29NSi2/c1-10-11-12-14(15(5,6)7)16(8,9)13(2,3)4/h10-12H,1H2,2-9H3/b12-11+. The molecule has 0 aliphatic carbocycles. The minimum Gasteiger partial charge on any atom is -0.430 e. The molecule has 0 fully saturated rings. The number of hydrogen-bond acceptors (Lipinski definition) is 1. The second-order valence-electron chi connectivity index (χ2n) is 6.93. The van der Waals surface area contributed by atoms with Crippen molar-refractivity contribution in [2.45, 2.75) is 58.5 Å². The zero-order valence-corrected chi connectivity index (χ0v) is 14.4. The maximum absolute atomic E-state index is 3.78. The summed E-state index contributed by atoms with van der Waals surface area (Å²) < 4.78 is 2.70. The van der Waals surface area contributed by atoms with E-state index < -0.39 is 16.5 Å². The van der Waals surface area contributed by atoms with E-state index in [1.54, 1.807) is 0 Å². The first kappa shape index (κ1) is 15.7. The van der Waals surface area contributed by atoms with Crippen LogP contribution in [-0.2, 0) is 0 Å². The molecule has 0 aromatic heterocycles. The molecule has 0 unspecified atom stereocenters. The molecule has 0 amide bonds. The predicted octanol–water partition coefficient (Wildman–Crippen LogP) is 4.83. The van der Waals surface area contributed by atoms with Gasteiger partial charge < -0.3 is 4.23 Å². The van der Waals surface area contributed by atoms with Gasteiger partial charge in [0.15, 0.2) is 0 Å². The van der Waals surface area contributed by atoms with Crippen LogP contribution in [-0.4, -0.2) is 20.7 Å². The minimum absolute atomic E-state index is 0.388. The third-order valence-electron chi connectivity index (χ3n) is 3.53. The molecule has 0 aromatic rings. The van der Waals surface area contributed by atoms with Crippen LogP contribution in [0.25, 0.3) is 0 Å². The largest absolute Gasteiger partial charge is 0.430 e. The molecule has 0 bridgehead atoms. The van der Waals surface area contributed by atoms with Gasteiger partial charge in [-0.15, -0.1) is 0 Å². The normalized spacial score (nSPS) is 14.2. The van der Waals surface area contributed by atoms with Crippen molar-refractivity contribution < 1.29 is 0 Å². The monoisotopic (exact) mass is 255 g/mol. The lowest BCUT2D eigenvalue weighted by Gasteiger charge is -2.51. The smallest absolute Gasteiger partial charge is 0.146 e. The topological polar surface area (TPSA) is 3.24 Å². The summed E-state index contributed by atoms with van der Waals surface area (Å²) in [5, 5.41) is 0.388. The molecule has 0 N–H and O–H groups in total. The molecule has 0 aromatic carbocycles. The lowest BCUT2D eigenvalue weighted by Crippen LogP contribution is -2.61. The van der Waals surface area contributed by atoms with Gasteiger partial charge in [0, 0.05) is 0 Å². The summed E-state index contributed by atoms with van der Waals surface area (Å²) in [7, 11) is -2.76. The predicted molar refractivity (Wildman–Crippen MR) is 81.7 cm³/mol. The first-order chi connectivity index (χ1) is 6.94. The summed E-state index contributed by atoms with van der Waals surface area (Å²) >= 11 is 0. The Bertz CT molecular complexity index is 267. The Balaban J connectivity index is 5.36. The Morgan fingerprint density at radius 2 is 1.44 bits per heavy atom. The van der Waals surface area contributed by atoms with Crippen molar-refractivity contribution in [3.63, 3.8) is 0 Å². The van der Waals surface area contributed by atoms with Crippen molar-refractivity contribution in [3.05, 3.63) is 24.9 Å². The van der Waals surface area contributed by atoms with Crippen molar-refractivity contribution >= 4 is 16.5 Å². The fraction of sp³-hybridized carbons (Fsp3) is 0.692. The van der Waals surface area contributed by atoms with E-state index in [9.17, 15) is 0 Å². The van der Waals surface area contributed by atoms with Crippen LogP contribution in [0.15, 0.2) is 24.9 Å². The number of allylic oxidation sites excluding steroid dienone is 2. The molecule has 94 valence electrons. The molecule has 0 atom stereocenters. The number of rotatable bonds is 4. The van der Waals surface area contributed by atoms with Gasteiger partial charge in [-0.1, -0.05) is 66.2 Å². The first-order valence-corrected chi connectivity index (χ1v) is 12.4. The molecule has 0 spiro atoms. The Morgan fingerprint density at radius 3 is 1.69 bits per heavy atom. The van der Waals surface area contributed by atoms with Crippen LogP contribution in [0.4, 0.5) is 0 Å². The number of nitrogens with zero attached hydrogens (tertiary/aromatic N) is 1. The third-order valence-corrected chi connectivity index (χ3v) is 13.8. The second-order valence-corrected chi connectivity index (χ2v) is 17.3. The fourth-order valence-corrected chi connectivity index (χ4v) is 11.2. The van der Waals surface area contributed by atoms with Gasteiger partial charge in [-0.3, -0.25) is 0 Å². The Kier molecular flexibility index (Phi) is 4.83. The van der Waals surface area contributed by atoms with Gasteiger partial charge in [-0.2, -0.15) is 0 Å². The molecule has 0 saturated carbocycles. The summed E-state index contributed by atoms with van der Waals surface area (Å²) in [5.74, 6) is 0. The van der Waals surface area contributed by atoms with Gasteiger partial charge in [0.05, 0.1) is 0 Å². The van der Waals surface area contributed by atoms with E-state index in [-0.39, 0.29) is 0 Å². The van der Waals surface area contributed by atoms with Crippen LogP contribution in [0.3, 0.4) is 0 Å². The SMILES string of the molecule is C=C/C=C/N([Si](C)(C)C)[Si](C)(C)C(C)(C)C. The fourth-order valence-electron chi connectivity index (χ4n) is 1.76. The van der Waals surface area contributed by atoms with Crippen LogP contribution in [0.5, 0.6) is 0 Å². The molecule has 0 aliphatic rings. The molecule has 16 heavy (non-hydrogen) atoms. The van der Waals surface area contributed by atoms with Gasteiger partial charge in [-0.05, 0) is 17.3 Å². The summed E-state index contributed by atoms with van der Waals surface area (Å²) in [4.78, 5) is 0. The lowest BCUT2D eigenvalue weighted by molar-refractivity contribution is 0.645. The first-order valence-electron chi connectivity index (χ1n) is 6.03. The van der Waals surface area contributed by atoms with Crippen LogP contribution in [0, 0.1) is 0 Å². The van der Waals surface area contributed by atoms with Crippen molar-refractivity contribution in [2.24, 2.45) is 0 Å². The van der Waals surface area contributed by atoms with Crippen molar-refractivity contribution in [3.8, 4) is 0 Å². The van der Waals surface area contributed by atoms with E-state index in [1.807, 2.05) is 6.08 Å². The van der Waals surface area contributed by atoms with E-state index >= 15 is 0 Å². The van der Waals surface area contributed by atoms with Crippen molar-refractivity contribution in [1.29, 1.82) is 0 Å². The third kappa shape index (κ3) is 3.63. The second kappa shape index (κ2) is 4.92. The van der Waals surface area contributed by atoms with Gasteiger partial charge in [-0.25, -0.2) is 0 Å². The average molecular weight is 256 g/mol. The minimum atomic E-state index is -1.45. The van der Waals surface area contributed by atoms with E-state index in [0.717, 1.165) is 0 Å². The highest BCUT2D eigenvalue weighted by Gasteiger charge is 2.44. The van der Waals surface area contributed by atoms with E-state index in [4.69, 9.17) is 0 Å². The highest BCUT2D eigenvalue weighted by Crippen LogP contribution is 2.40.